The second-order valence-electron chi connectivity index (χ2n) is 3.60. The fraction of sp³-hybridized carbons (Fsp3) is 0.231. The van der Waals surface area contributed by atoms with E-state index in [2.05, 4.69) is 60.1 Å². The van der Waals surface area contributed by atoms with Crippen LogP contribution in [0.1, 0.15) is 18.1 Å². The van der Waals surface area contributed by atoms with Crippen molar-refractivity contribution in [3.05, 3.63) is 45.9 Å². The van der Waals surface area contributed by atoms with Gasteiger partial charge >= 0.3 is 0 Å². The molecule has 0 aliphatic carbocycles. The van der Waals surface area contributed by atoms with Crippen LogP contribution in [0.2, 0.25) is 0 Å². The van der Waals surface area contributed by atoms with Gasteiger partial charge in [0.15, 0.2) is 0 Å². The molecule has 0 saturated heterocycles. The van der Waals surface area contributed by atoms with E-state index >= 15 is 0 Å². The third-order valence-electron chi connectivity index (χ3n) is 2.61. The Hall–Kier alpha value is -0.820. The molecule has 2 rings (SSSR count). The smallest absolute Gasteiger partial charge is 0.0259 e. The summed E-state index contributed by atoms with van der Waals surface area (Å²) >= 11 is 3.64. The van der Waals surface area contributed by atoms with Gasteiger partial charge in [-0.25, -0.2) is 0 Å². The van der Waals surface area contributed by atoms with Crippen molar-refractivity contribution < 1.29 is 0 Å². The number of aryl methyl sites for hydroxylation is 2. The average molecular weight is 249 g/mol. The Morgan fingerprint density at radius 3 is 2.71 bits per heavy atom. The van der Waals surface area contributed by atoms with Gasteiger partial charge < -0.3 is 0 Å². The van der Waals surface area contributed by atoms with E-state index in [1.807, 2.05) is 0 Å². The van der Waals surface area contributed by atoms with E-state index in [0.717, 1.165) is 6.42 Å². The van der Waals surface area contributed by atoms with Crippen LogP contribution in [0.25, 0.3) is 10.8 Å². The van der Waals surface area contributed by atoms with Crippen LogP contribution in [-0.2, 0) is 6.42 Å². The Morgan fingerprint density at radius 2 is 2.00 bits per heavy atom. The monoisotopic (exact) mass is 248 g/mol. The Bertz CT molecular complexity index is 472. The topological polar surface area (TPSA) is 0 Å². The molecule has 0 nitrogen and oxygen atoms in total. The molecule has 1 heteroatoms. The molecule has 0 aliphatic heterocycles. The van der Waals surface area contributed by atoms with Gasteiger partial charge in [-0.2, -0.15) is 0 Å². The quantitative estimate of drug-likeness (QED) is 0.699. The van der Waals surface area contributed by atoms with Crippen LogP contribution in [0.5, 0.6) is 0 Å². The van der Waals surface area contributed by atoms with Crippen molar-refractivity contribution in [1.82, 2.24) is 0 Å². The molecule has 2 aromatic rings. The van der Waals surface area contributed by atoms with Gasteiger partial charge in [0.25, 0.3) is 0 Å². The summed E-state index contributed by atoms with van der Waals surface area (Å²) in [5, 5.41) is 2.67. The lowest BCUT2D eigenvalue weighted by Crippen LogP contribution is -1.84. The van der Waals surface area contributed by atoms with Crippen LogP contribution in [0, 0.1) is 6.92 Å². The van der Waals surface area contributed by atoms with E-state index in [0.29, 0.717) is 0 Å². The molecule has 0 unspecified atom stereocenters. The van der Waals surface area contributed by atoms with E-state index < -0.39 is 0 Å². The van der Waals surface area contributed by atoms with Crippen molar-refractivity contribution in [2.75, 3.05) is 0 Å². The van der Waals surface area contributed by atoms with Crippen molar-refractivity contribution in [2.45, 2.75) is 20.3 Å². The molecule has 0 atom stereocenters. The highest BCUT2D eigenvalue weighted by atomic mass is 79.9. The summed E-state index contributed by atoms with van der Waals surface area (Å²) in [6.07, 6.45) is 1.09. The summed E-state index contributed by atoms with van der Waals surface area (Å²) in [4.78, 5) is 0. The second-order valence-corrected chi connectivity index (χ2v) is 4.46. The SMILES string of the molecule is CCc1cc(Br)c2c(C)cccc2c1. The fourth-order valence-electron chi connectivity index (χ4n) is 1.82. The molecule has 0 N–H and O–H groups in total. The Morgan fingerprint density at radius 1 is 1.21 bits per heavy atom. The summed E-state index contributed by atoms with van der Waals surface area (Å²) in [7, 11) is 0. The van der Waals surface area contributed by atoms with E-state index in [1.165, 1.54) is 26.4 Å². The lowest BCUT2D eigenvalue weighted by Gasteiger charge is -2.07. The minimum atomic E-state index is 1.09. The molecule has 0 amide bonds. The third-order valence-corrected chi connectivity index (χ3v) is 3.23. The maximum atomic E-state index is 3.64. The molecular formula is C13H13Br. The van der Waals surface area contributed by atoms with Gasteiger partial charge in [-0.1, -0.05) is 47.1 Å². The molecule has 2 aromatic carbocycles. The predicted molar refractivity (Wildman–Crippen MR) is 65.8 cm³/mol. The molecule has 14 heavy (non-hydrogen) atoms. The molecule has 0 saturated carbocycles. The second kappa shape index (κ2) is 3.74. The first-order chi connectivity index (χ1) is 6.72. The van der Waals surface area contributed by atoms with Gasteiger partial charge in [0.05, 0.1) is 0 Å². The third kappa shape index (κ3) is 1.57. The summed E-state index contributed by atoms with van der Waals surface area (Å²) < 4.78 is 1.21. The lowest BCUT2D eigenvalue weighted by molar-refractivity contribution is 1.14. The van der Waals surface area contributed by atoms with Crippen LogP contribution in [-0.4, -0.2) is 0 Å². The fourth-order valence-corrected chi connectivity index (χ4v) is 2.65. The molecule has 0 fully saturated rings. The number of benzene rings is 2. The van der Waals surface area contributed by atoms with Crippen LogP contribution in [0.15, 0.2) is 34.8 Å². The first-order valence-corrected chi connectivity index (χ1v) is 5.69. The van der Waals surface area contributed by atoms with Gasteiger partial charge in [-0.05, 0) is 41.3 Å². The van der Waals surface area contributed by atoms with E-state index in [-0.39, 0.29) is 0 Å². The highest BCUT2D eigenvalue weighted by Gasteiger charge is 2.02. The average Bonchev–Trinajstić information content (AvgIpc) is 2.17. The largest absolute Gasteiger partial charge is 0.0614 e. The zero-order valence-corrected chi connectivity index (χ0v) is 10.1. The number of hydrogen-bond acceptors (Lipinski definition) is 0. The minimum absolute atomic E-state index is 1.09. The van der Waals surface area contributed by atoms with Gasteiger partial charge in [0.1, 0.15) is 0 Å². The first-order valence-electron chi connectivity index (χ1n) is 4.90. The van der Waals surface area contributed by atoms with Crippen molar-refractivity contribution in [1.29, 1.82) is 0 Å². The van der Waals surface area contributed by atoms with Gasteiger partial charge in [0.2, 0.25) is 0 Å². The van der Waals surface area contributed by atoms with Crippen molar-refractivity contribution in [3.63, 3.8) is 0 Å². The summed E-state index contributed by atoms with van der Waals surface area (Å²) in [5.41, 5.74) is 2.71. The molecule has 0 heterocycles. The Kier molecular flexibility index (Phi) is 2.60. The van der Waals surface area contributed by atoms with Crippen LogP contribution in [0.4, 0.5) is 0 Å². The lowest BCUT2D eigenvalue weighted by atomic mass is 10.0. The molecule has 0 aromatic heterocycles. The normalized spacial score (nSPS) is 10.8. The summed E-state index contributed by atoms with van der Waals surface area (Å²) in [6.45, 7) is 4.34. The van der Waals surface area contributed by atoms with E-state index in [1.54, 1.807) is 0 Å². The molecule has 0 bridgehead atoms. The number of halogens is 1. The van der Waals surface area contributed by atoms with Gasteiger partial charge in [-0.3, -0.25) is 0 Å². The van der Waals surface area contributed by atoms with Crippen molar-refractivity contribution in [2.24, 2.45) is 0 Å². The van der Waals surface area contributed by atoms with E-state index in [4.69, 9.17) is 0 Å². The predicted octanol–water partition coefficient (Wildman–Crippen LogP) is 4.47. The Balaban J connectivity index is 2.83. The highest BCUT2D eigenvalue weighted by Crippen LogP contribution is 2.28. The molecule has 0 aliphatic rings. The number of hydrogen-bond donors (Lipinski definition) is 0. The van der Waals surface area contributed by atoms with Crippen molar-refractivity contribution in [3.8, 4) is 0 Å². The summed E-state index contributed by atoms with van der Waals surface area (Å²) in [5.74, 6) is 0. The molecule has 0 radical (unpaired) electrons. The van der Waals surface area contributed by atoms with Crippen LogP contribution >= 0.6 is 15.9 Å². The number of fused-ring (bicyclic) bond motifs is 1. The van der Waals surface area contributed by atoms with E-state index in [9.17, 15) is 0 Å². The van der Waals surface area contributed by atoms with Crippen molar-refractivity contribution >= 4 is 26.7 Å². The zero-order valence-electron chi connectivity index (χ0n) is 8.47. The maximum absolute atomic E-state index is 3.64. The highest BCUT2D eigenvalue weighted by molar-refractivity contribution is 9.10. The maximum Gasteiger partial charge on any atom is 0.0259 e. The minimum Gasteiger partial charge on any atom is -0.0614 e. The first kappa shape index (κ1) is 9.72. The number of rotatable bonds is 1. The molecule has 72 valence electrons. The van der Waals surface area contributed by atoms with Gasteiger partial charge in [-0.15, -0.1) is 0 Å². The standard InChI is InChI=1S/C13H13Br/c1-3-10-7-11-6-4-5-9(2)13(11)12(14)8-10/h4-8H,3H2,1-2H3. The van der Waals surface area contributed by atoms with Crippen LogP contribution < -0.4 is 0 Å². The Labute approximate surface area is 93.1 Å². The molecule has 0 spiro atoms. The molecular weight excluding hydrogens is 236 g/mol. The van der Waals surface area contributed by atoms with Crippen LogP contribution in [0.3, 0.4) is 0 Å². The zero-order chi connectivity index (χ0) is 10.1. The van der Waals surface area contributed by atoms with Gasteiger partial charge in [0, 0.05) is 4.47 Å². The summed E-state index contributed by atoms with van der Waals surface area (Å²) in [6, 6.07) is 10.9.